The zero-order valence-corrected chi connectivity index (χ0v) is 6.58. The lowest BCUT2D eigenvalue weighted by Gasteiger charge is -2.21. The van der Waals surface area contributed by atoms with E-state index >= 15 is 0 Å². The third-order valence-electron chi connectivity index (χ3n) is 2.04. The standard InChI is InChI=1S/C9H10N2O/c10-7-5-9(12)11-8-4-2-1-3-6(7)8/h1-4,7H,5,10H2,(H,11,12). The smallest absolute Gasteiger partial charge is 0.226 e. The molecule has 1 aromatic carbocycles. The first-order valence-electron chi connectivity index (χ1n) is 3.92. The highest BCUT2D eigenvalue weighted by atomic mass is 16.1. The molecule has 3 nitrogen and oxygen atoms in total. The van der Waals surface area contributed by atoms with Crippen molar-refractivity contribution in [2.45, 2.75) is 12.5 Å². The number of nitrogens with one attached hydrogen (secondary N) is 1. The summed E-state index contributed by atoms with van der Waals surface area (Å²) in [5, 5.41) is 2.77. The summed E-state index contributed by atoms with van der Waals surface area (Å²) < 4.78 is 0. The molecule has 0 aliphatic carbocycles. The summed E-state index contributed by atoms with van der Waals surface area (Å²) in [6.07, 6.45) is 0.386. The molecule has 62 valence electrons. The second-order valence-corrected chi connectivity index (χ2v) is 2.95. The summed E-state index contributed by atoms with van der Waals surface area (Å²) in [6.45, 7) is 0. The van der Waals surface area contributed by atoms with E-state index in [9.17, 15) is 4.79 Å². The van der Waals surface area contributed by atoms with E-state index in [0.29, 0.717) is 6.42 Å². The molecule has 0 saturated carbocycles. The molecule has 0 spiro atoms. The highest BCUT2D eigenvalue weighted by Crippen LogP contribution is 2.27. The van der Waals surface area contributed by atoms with Crippen molar-refractivity contribution in [1.29, 1.82) is 0 Å². The molecule has 1 aliphatic rings. The Morgan fingerprint density at radius 2 is 2.17 bits per heavy atom. The Labute approximate surface area is 70.6 Å². The van der Waals surface area contributed by atoms with Crippen LogP contribution in [0.2, 0.25) is 0 Å². The van der Waals surface area contributed by atoms with Crippen LogP contribution in [0.25, 0.3) is 0 Å². The molecular weight excluding hydrogens is 152 g/mol. The van der Waals surface area contributed by atoms with Gasteiger partial charge in [-0.05, 0) is 11.6 Å². The fraction of sp³-hybridized carbons (Fsp3) is 0.222. The monoisotopic (exact) mass is 162 g/mol. The third-order valence-corrected chi connectivity index (χ3v) is 2.04. The number of benzene rings is 1. The molecule has 1 aliphatic heterocycles. The van der Waals surface area contributed by atoms with Crippen molar-refractivity contribution in [1.82, 2.24) is 0 Å². The largest absolute Gasteiger partial charge is 0.326 e. The minimum absolute atomic E-state index is 0.00111. The molecular formula is C9H10N2O. The summed E-state index contributed by atoms with van der Waals surface area (Å²) in [5.41, 5.74) is 7.65. The van der Waals surface area contributed by atoms with Crippen LogP contribution >= 0.6 is 0 Å². The van der Waals surface area contributed by atoms with Crippen LogP contribution in [0.4, 0.5) is 5.69 Å². The Morgan fingerprint density at radius 3 is 3.00 bits per heavy atom. The van der Waals surface area contributed by atoms with Crippen LogP contribution in [0.3, 0.4) is 0 Å². The van der Waals surface area contributed by atoms with Crippen LogP contribution in [-0.2, 0) is 4.79 Å². The van der Waals surface area contributed by atoms with Gasteiger partial charge >= 0.3 is 0 Å². The molecule has 2 rings (SSSR count). The van der Waals surface area contributed by atoms with Gasteiger partial charge in [0.05, 0.1) is 0 Å². The Bertz CT molecular complexity index is 322. The number of hydrogen-bond acceptors (Lipinski definition) is 2. The van der Waals surface area contributed by atoms with E-state index in [-0.39, 0.29) is 11.9 Å². The molecule has 3 N–H and O–H groups in total. The number of carbonyl (C=O) groups is 1. The van der Waals surface area contributed by atoms with E-state index in [2.05, 4.69) is 5.32 Å². The van der Waals surface area contributed by atoms with Gasteiger partial charge in [-0.25, -0.2) is 0 Å². The quantitative estimate of drug-likeness (QED) is 0.598. The lowest BCUT2D eigenvalue weighted by Crippen LogP contribution is -2.27. The van der Waals surface area contributed by atoms with Crippen molar-refractivity contribution in [3.05, 3.63) is 29.8 Å². The number of rotatable bonds is 0. The maximum Gasteiger partial charge on any atom is 0.226 e. The summed E-state index contributed by atoms with van der Waals surface area (Å²) in [6, 6.07) is 7.48. The van der Waals surface area contributed by atoms with Gasteiger partial charge < -0.3 is 11.1 Å². The first-order chi connectivity index (χ1) is 5.77. The van der Waals surface area contributed by atoms with Crippen molar-refractivity contribution >= 4 is 11.6 Å². The van der Waals surface area contributed by atoms with Crippen molar-refractivity contribution in [3.63, 3.8) is 0 Å². The third kappa shape index (κ3) is 1.08. The molecule has 1 amide bonds. The Kier molecular flexibility index (Phi) is 1.59. The minimum atomic E-state index is -0.144. The predicted octanol–water partition coefficient (Wildman–Crippen LogP) is 1.03. The summed E-state index contributed by atoms with van der Waals surface area (Å²) in [7, 11) is 0. The Hall–Kier alpha value is -1.35. The van der Waals surface area contributed by atoms with E-state index in [1.807, 2.05) is 24.3 Å². The molecule has 0 radical (unpaired) electrons. The van der Waals surface area contributed by atoms with Crippen molar-refractivity contribution in [2.75, 3.05) is 5.32 Å². The van der Waals surface area contributed by atoms with Crippen LogP contribution in [0.15, 0.2) is 24.3 Å². The molecule has 1 atom stereocenters. The normalized spacial score (nSPS) is 21.4. The summed E-state index contributed by atoms with van der Waals surface area (Å²) in [4.78, 5) is 11.0. The van der Waals surface area contributed by atoms with Gasteiger partial charge in [-0.15, -0.1) is 0 Å². The zero-order chi connectivity index (χ0) is 8.55. The van der Waals surface area contributed by atoms with E-state index in [1.54, 1.807) is 0 Å². The van der Waals surface area contributed by atoms with E-state index in [0.717, 1.165) is 11.3 Å². The van der Waals surface area contributed by atoms with Gasteiger partial charge in [-0.3, -0.25) is 4.79 Å². The number of anilines is 1. The fourth-order valence-electron chi connectivity index (χ4n) is 1.45. The second kappa shape index (κ2) is 2.60. The minimum Gasteiger partial charge on any atom is -0.326 e. The second-order valence-electron chi connectivity index (χ2n) is 2.95. The molecule has 0 bridgehead atoms. The maximum atomic E-state index is 11.0. The SMILES string of the molecule is NC1CC(=O)Nc2ccccc21. The van der Waals surface area contributed by atoms with Crippen LogP contribution in [0.1, 0.15) is 18.0 Å². The average molecular weight is 162 g/mol. The van der Waals surface area contributed by atoms with E-state index in [4.69, 9.17) is 5.73 Å². The van der Waals surface area contributed by atoms with Gasteiger partial charge in [-0.2, -0.15) is 0 Å². The number of carbonyl (C=O) groups excluding carboxylic acids is 1. The molecule has 0 saturated heterocycles. The molecule has 1 aromatic rings. The first-order valence-corrected chi connectivity index (χ1v) is 3.92. The summed E-state index contributed by atoms with van der Waals surface area (Å²) in [5.74, 6) is 0.00111. The number of nitrogens with two attached hydrogens (primary N) is 1. The van der Waals surface area contributed by atoms with Crippen LogP contribution in [0.5, 0.6) is 0 Å². The maximum absolute atomic E-state index is 11.0. The zero-order valence-electron chi connectivity index (χ0n) is 6.58. The topological polar surface area (TPSA) is 55.1 Å². The Morgan fingerprint density at radius 1 is 1.42 bits per heavy atom. The van der Waals surface area contributed by atoms with Crippen LogP contribution < -0.4 is 11.1 Å². The average Bonchev–Trinajstić information content (AvgIpc) is 2.04. The van der Waals surface area contributed by atoms with Gasteiger partial charge in [0.15, 0.2) is 0 Å². The van der Waals surface area contributed by atoms with Crippen LogP contribution in [0, 0.1) is 0 Å². The van der Waals surface area contributed by atoms with Gasteiger partial charge in [0, 0.05) is 18.2 Å². The number of para-hydroxylation sites is 1. The first kappa shape index (κ1) is 7.31. The lowest BCUT2D eigenvalue weighted by molar-refractivity contribution is -0.116. The molecule has 0 aromatic heterocycles. The highest BCUT2D eigenvalue weighted by molar-refractivity contribution is 5.94. The molecule has 3 heteroatoms. The molecule has 1 heterocycles. The van der Waals surface area contributed by atoms with Gasteiger partial charge in [0.2, 0.25) is 5.91 Å². The van der Waals surface area contributed by atoms with Crippen LogP contribution in [-0.4, -0.2) is 5.91 Å². The van der Waals surface area contributed by atoms with E-state index < -0.39 is 0 Å². The molecule has 0 fully saturated rings. The predicted molar refractivity (Wildman–Crippen MR) is 46.6 cm³/mol. The number of hydrogen-bond donors (Lipinski definition) is 2. The fourth-order valence-corrected chi connectivity index (χ4v) is 1.45. The van der Waals surface area contributed by atoms with Crippen molar-refractivity contribution in [2.24, 2.45) is 5.73 Å². The van der Waals surface area contributed by atoms with Gasteiger partial charge in [0.25, 0.3) is 0 Å². The molecule has 1 unspecified atom stereocenters. The number of amides is 1. The van der Waals surface area contributed by atoms with Crippen molar-refractivity contribution < 1.29 is 4.79 Å². The Balaban J connectivity index is 2.47. The number of fused-ring (bicyclic) bond motifs is 1. The summed E-state index contributed by atoms with van der Waals surface area (Å²) >= 11 is 0. The molecule has 12 heavy (non-hydrogen) atoms. The lowest BCUT2D eigenvalue weighted by atomic mass is 9.99. The van der Waals surface area contributed by atoms with Gasteiger partial charge in [-0.1, -0.05) is 18.2 Å². The van der Waals surface area contributed by atoms with E-state index in [1.165, 1.54) is 0 Å². The van der Waals surface area contributed by atoms with Crippen molar-refractivity contribution in [3.8, 4) is 0 Å². The van der Waals surface area contributed by atoms with Gasteiger partial charge in [0.1, 0.15) is 0 Å². The highest BCUT2D eigenvalue weighted by Gasteiger charge is 2.20.